The summed E-state index contributed by atoms with van der Waals surface area (Å²) in [5.41, 5.74) is 0.641. The topological polar surface area (TPSA) is 37.3 Å². The van der Waals surface area contributed by atoms with Gasteiger partial charge in [-0.1, -0.05) is 23.7 Å². The van der Waals surface area contributed by atoms with Crippen molar-refractivity contribution in [1.82, 2.24) is 0 Å². The quantitative estimate of drug-likeness (QED) is 0.752. The van der Waals surface area contributed by atoms with E-state index in [2.05, 4.69) is 0 Å². The van der Waals surface area contributed by atoms with E-state index in [-0.39, 0.29) is 0 Å². The molecule has 0 atom stereocenters. The maximum Gasteiger partial charge on any atom is 0.309 e. The highest BCUT2D eigenvalue weighted by molar-refractivity contribution is 7.98. The van der Waals surface area contributed by atoms with Crippen LogP contribution in [0.3, 0.4) is 0 Å². The fourth-order valence-corrected chi connectivity index (χ4v) is 2.54. The molecule has 0 aliphatic carbocycles. The van der Waals surface area contributed by atoms with Crippen molar-refractivity contribution < 1.29 is 9.90 Å². The number of hydrogen-bond donors (Lipinski definition) is 1. The molecule has 0 heterocycles. The van der Waals surface area contributed by atoms with Crippen molar-refractivity contribution in [3.05, 3.63) is 34.9 Å². The van der Waals surface area contributed by atoms with E-state index in [4.69, 9.17) is 16.7 Å². The Balaban J connectivity index is 2.20. The molecule has 2 nitrogen and oxygen atoms in total. The van der Waals surface area contributed by atoms with Crippen molar-refractivity contribution in [1.29, 1.82) is 0 Å². The van der Waals surface area contributed by atoms with Gasteiger partial charge in [-0.15, -0.1) is 0 Å². The highest BCUT2D eigenvalue weighted by atomic mass is 35.5. The zero-order chi connectivity index (χ0) is 13.6. The molecule has 0 spiro atoms. The molecule has 1 rings (SSSR count). The van der Waals surface area contributed by atoms with E-state index >= 15 is 0 Å². The van der Waals surface area contributed by atoms with Crippen molar-refractivity contribution in [2.24, 2.45) is 5.41 Å². The predicted molar refractivity (Wildman–Crippen MR) is 78.3 cm³/mol. The lowest BCUT2D eigenvalue weighted by Gasteiger charge is -2.18. The average Bonchev–Trinajstić information content (AvgIpc) is 2.31. The van der Waals surface area contributed by atoms with E-state index in [0.717, 1.165) is 29.4 Å². The minimum absolute atomic E-state index is 0.610. The molecule has 1 aromatic carbocycles. The molecule has 0 fully saturated rings. The molecule has 0 amide bonds. The van der Waals surface area contributed by atoms with Gasteiger partial charge >= 0.3 is 5.97 Å². The SMILES string of the molecule is CC(C)(CCCSCc1ccc(Cl)cc1)C(=O)O. The second-order valence-corrected chi connectivity index (χ2v) is 6.51. The zero-order valence-electron chi connectivity index (χ0n) is 10.8. The molecule has 0 saturated heterocycles. The molecule has 1 N–H and O–H groups in total. The normalized spacial score (nSPS) is 11.5. The lowest BCUT2D eigenvalue weighted by atomic mass is 9.88. The van der Waals surface area contributed by atoms with E-state index in [0.29, 0.717) is 0 Å². The Hall–Kier alpha value is -0.670. The second-order valence-electron chi connectivity index (χ2n) is 4.97. The van der Waals surface area contributed by atoms with Gasteiger partial charge in [0.05, 0.1) is 5.41 Å². The Morgan fingerprint density at radius 2 is 1.94 bits per heavy atom. The van der Waals surface area contributed by atoms with Crippen LogP contribution >= 0.6 is 23.4 Å². The van der Waals surface area contributed by atoms with Crippen LogP contribution in [0.2, 0.25) is 5.02 Å². The fraction of sp³-hybridized carbons (Fsp3) is 0.500. The van der Waals surface area contributed by atoms with Gasteiger partial charge < -0.3 is 5.11 Å². The molecule has 18 heavy (non-hydrogen) atoms. The van der Waals surface area contributed by atoms with Crippen LogP contribution < -0.4 is 0 Å². The summed E-state index contributed by atoms with van der Waals surface area (Å²) in [6.07, 6.45) is 1.65. The summed E-state index contributed by atoms with van der Waals surface area (Å²) < 4.78 is 0. The molecule has 100 valence electrons. The zero-order valence-corrected chi connectivity index (χ0v) is 12.4. The average molecular weight is 287 g/mol. The number of benzene rings is 1. The summed E-state index contributed by atoms with van der Waals surface area (Å²) in [4.78, 5) is 10.9. The first-order valence-corrected chi connectivity index (χ1v) is 7.51. The van der Waals surface area contributed by atoms with Gasteiger partial charge in [0.2, 0.25) is 0 Å². The molecule has 0 aromatic heterocycles. The smallest absolute Gasteiger partial charge is 0.309 e. The van der Waals surface area contributed by atoms with Crippen LogP contribution in [0.15, 0.2) is 24.3 Å². The summed E-state index contributed by atoms with van der Waals surface area (Å²) in [6.45, 7) is 3.55. The molecule has 4 heteroatoms. The number of halogens is 1. The summed E-state index contributed by atoms with van der Waals surface area (Å²) in [5.74, 6) is 1.22. The molecule has 0 radical (unpaired) electrons. The standard InChI is InChI=1S/C14H19ClO2S/c1-14(2,13(16)17)8-3-9-18-10-11-4-6-12(15)7-5-11/h4-7H,3,8-10H2,1-2H3,(H,16,17). The maximum atomic E-state index is 10.9. The van der Waals surface area contributed by atoms with Gasteiger partial charge in [-0.3, -0.25) is 4.79 Å². The summed E-state index contributed by atoms with van der Waals surface area (Å²) in [6, 6.07) is 7.84. The number of aliphatic carboxylic acids is 1. The van der Waals surface area contributed by atoms with Gasteiger partial charge in [0.15, 0.2) is 0 Å². The lowest BCUT2D eigenvalue weighted by molar-refractivity contribution is -0.147. The van der Waals surface area contributed by atoms with E-state index in [1.807, 2.05) is 36.0 Å². The van der Waals surface area contributed by atoms with E-state index in [1.165, 1.54) is 5.56 Å². The van der Waals surface area contributed by atoms with Crippen LogP contribution in [-0.2, 0) is 10.5 Å². The van der Waals surface area contributed by atoms with Gasteiger partial charge in [0.25, 0.3) is 0 Å². The Morgan fingerprint density at radius 1 is 1.33 bits per heavy atom. The number of carbonyl (C=O) groups is 1. The monoisotopic (exact) mass is 286 g/mol. The Kier molecular flexibility index (Phi) is 6.03. The molecule has 1 aromatic rings. The van der Waals surface area contributed by atoms with Gasteiger partial charge in [0, 0.05) is 10.8 Å². The number of thioether (sulfide) groups is 1. The van der Waals surface area contributed by atoms with Crippen molar-refractivity contribution >= 4 is 29.3 Å². The van der Waals surface area contributed by atoms with Crippen molar-refractivity contribution in [2.45, 2.75) is 32.4 Å². The highest BCUT2D eigenvalue weighted by Crippen LogP contribution is 2.24. The predicted octanol–water partition coefficient (Wildman–Crippen LogP) is 4.46. The third-order valence-corrected chi connectivity index (χ3v) is 4.22. The van der Waals surface area contributed by atoms with Crippen molar-refractivity contribution in [3.8, 4) is 0 Å². The number of carboxylic acids is 1. The first-order chi connectivity index (χ1) is 8.42. The molecule has 0 aliphatic rings. The van der Waals surface area contributed by atoms with Crippen LogP contribution in [0.5, 0.6) is 0 Å². The first-order valence-electron chi connectivity index (χ1n) is 5.97. The Bertz CT molecular complexity index is 387. The van der Waals surface area contributed by atoms with Crippen LogP contribution in [0.1, 0.15) is 32.3 Å². The Morgan fingerprint density at radius 3 is 2.50 bits per heavy atom. The number of carboxylic acid groups (broad SMARTS) is 1. The summed E-state index contributed by atoms with van der Waals surface area (Å²) >= 11 is 7.64. The first kappa shape index (κ1) is 15.4. The minimum atomic E-state index is -0.717. The molecule has 0 saturated carbocycles. The van der Waals surface area contributed by atoms with E-state index in [1.54, 1.807) is 13.8 Å². The van der Waals surface area contributed by atoms with Gasteiger partial charge in [-0.2, -0.15) is 11.8 Å². The van der Waals surface area contributed by atoms with Crippen LogP contribution in [-0.4, -0.2) is 16.8 Å². The van der Waals surface area contributed by atoms with Crippen molar-refractivity contribution in [3.63, 3.8) is 0 Å². The van der Waals surface area contributed by atoms with E-state index in [9.17, 15) is 4.79 Å². The van der Waals surface area contributed by atoms with Gasteiger partial charge in [0.1, 0.15) is 0 Å². The highest BCUT2D eigenvalue weighted by Gasteiger charge is 2.25. The number of hydrogen-bond acceptors (Lipinski definition) is 2. The van der Waals surface area contributed by atoms with Crippen LogP contribution in [0, 0.1) is 5.41 Å². The molecule has 0 bridgehead atoms. The molecule has 0 aliphatic heterocycles. The van der Waals surface area contributed by atoms with Crippen LogP contribution in [0.25, 0.3) is 0 Å². The lowest BCUT2D eigenvalue weighted by Crippen LogP contribution is -2.23. The summed E-state index contributed by atoms with van der Waals surface area (Å²) in [5, 5.41) is 9.74. The maximum absolute atomic E-state index is 10.9. The minimum Gasteiger partial charge on any atom is -0.481 e. The summed E-state index contributed by atoms with van der Waals surface area (Å²) in [7, 11) is 0. The number of rotatable bonds is 7. The Labute approximate surface area is 118 Å². The molecular weight excluding hydrogens is 268 g/mol. The van der Waals surface area contributed by atoms with Crippen LogP contribution in [0.4, 0.5) is 0 Å². The van der Waals surface area contributed by atoms with Gasteiger partial charge in [-0.25, -0.2) is 0 Å². The molecule has 0 unspecified atom stereocenters. The fourth-order valence-electron chi connectivity index (χ4n) is 1.49. The second kappa shape index (κ2) is 7.05. The largest absolute Gasteiger partial charge is 0.481 e. The van der Waals surface area contributed by atoms with Gasteiger partial charge in [-0.05, 0) is 50.1 Å². The third-order valence-electron chi connectivity index (χ3n) is 2.85. The van der Waals surface area contributed by atoms with Crippen molar-refractivity contribution in [2.75, 3.05) is 5.75 Å². The molecular formula is C14H19ClO2S. The third kappa shape index (κ3) is 5.32. The van der Waals surface area contributed by atoms with E-state index < -0.39 is 11.4 Å².